The molecule has 3 aromatic rings. The van der Waals surface area contributed by atoms with E-state index in [2.05, 4.69) is 0 Å². The number of Topliss-reactive ketones (excluding diaryl/α,β-unsaturated/α-hetero) is 1. The first-order valence-electron chi connectivity index (χ1n) is 8.43. The van der Waals surface area contributed by atoms with Gasteiger partial charge in [0.15, 0.2) is 5.78 Å². The van der Waals surface area contributed by atoms with Crippen molar-refractivity contribution in [2.75, 3.05) is 6.61 Å². The maximum Gasteiger partial charge on any atom is 0.342 e. The average molecular weight is 381 g/mol. The second-order valence-electron chi connectivity index (χ2n) is 5.68. The molecule has 0 atom stereocenters. The highest BCUT2D eigenvalue weighted by atomic mass is 35.5. The molecule has 3 rings (SSSR count). The summed E-state index contributed by atoms with van der Waals surface area (Å²) in [7, 11) is 0. The van der Waals surface area contributed by atoms with Crippen LogP contribution < -0.4 is 0 Å². The number of rotatable bonds is 6. The van der Waals surface area contributed by atoms with Gasteiger partial charge in [0.25, 0.3) is 0 Å². The van der Waals surface area contributed by atoms with E-state index in [0.29, 0.717) is 22.1 Å². The van der Waals surface area contributed by atoms with Crippen LogP contribution in [0.4, 0.5) is 0 Å². The van der Waals surface area contributed by atoms with Crippen LogP contribution in [0.5, 0.6) is 0 Å². The number of esters is 1. The third kappa shape index (κ3) is 4.54. The number of ketones is 1. The Morgan fingerprint density at radius 3 is 2.37 bits per heavy atom. The SMILES string of the molecule is CCOC(=O)/C(=C\c1ccc(-c2ccc(Cl)cc2)o1)C(=O)c1ccccc1. The summed E-state index contributed by atoms with van der Waals surface area (Å²) in [5.74, 6) is -0.116. The van der Waals surface area contributed by atoms with E-state index in [1.807, 2.05) is 12.1 Å². The van der Waals surface area contributed by atoms with Gasteiger partial charge in [0.2, 0.25) is 0 Å². The van der Waals surface area contributed by atoms with Crippen molar-refractivity contribution in [3.8, 4) is 11.3 Å². The van der Waals surface area contributed by atoms with Crippen LogP contribution in [-0.4, -0.2) is 18.4 Å². The highest BCUT2D eigenvalue weighted by Crippen LogP contribution is 2.25. The van der Waals surface area contributed by atoms with E-state index in [0.717, 1.165) is 5.56 Å². The fourth-order valence-corrected chi connectivity index (χ4v) is 2.64. The van der Waals surface area contributed by atoms with E-state index in [1.54, 1.807) is 61.5 Å². The first kappa shape index (κ1) is 18.7. The lowest BCUT2D eigenvalue weighted by Crippen LogP contribution is -2.16. The molecule has 0 aliphatic carbocycles. The molecular formula is C22H17ClO4. The number of ether oxygens (including phenoxy) is 1. The van der Waals surface area contributed by atoms with Gasteiger partial charge in [-0.05, 0) is 49.4 Å². The van der Waals surface area contributed by atoms with Gasteiger partial charge in [0.05, 0.1) is 6.61 Å². The fourth-order valence-electron chi connectivity index (χ4n) is 2.51. The predicted molar refractivity (Wildman–Crippen MR) is 105 cm³/mol. The smallest absolute Gasteiger partial charge is 0.342 e. The molecule has 0 unspecified atom stereocenters. The van der Waals surface area contributed by atoms with Gasteiger partial charge in [-0.1, -0.05) is 41.9 Å². The molecule has 0 N–H and O–H groups in total. The molecule has 2 aromatic carbocycles. The van der Waals surface area contributed by atoms with Crippen LogP contribution in [0.2, 0.25) is 5.02 Å². The van der Waals surface area contributed by atoms with E-state index in [-0.39, 0.29) is 12.2 Å². The van der Waals surface area contributed by atoms with Gasteiger partial charge in [-0.15, -0.1) is 0 Å². The Kier molecular flexibility index (Phi) is 5.89. The Morgan fingerprint density at radius 2 is 1.70 bits per heavy atom. The van der Waals surface area contributed by atoms with E-state index in [9.17, 15) is 9.59 Å². The van der Waals surface area contributed by atoms with Crippen LogP contribution in [0, 0.1) is 0 Å². The Morgan fingerprint density at radius 1 is 1.00 bits per heavy atom. The van der Waals surface area contributed by atoms with Crippen molar-refractivity contribution >= 4 is 29.4 Å². The van der Waals surface area contributed by atoms with Gasteiger partial charge in [0.1, 0.15) is 17.1 Å². The molecule has 0 saturated heterocycles. The van der Waals surface area contributed by atoms with Gasteiger partial charge >= 0.3 is 5.97 Å². The van der Waals surface area contributed by atoms with Crippen molar-refractivity contribution in [1.82, 2.24) is 0 Å². The topological polar surface area (TPSA) is 56.5 Å². The normalized spacial score (nSPS) is 11.3. The lowest BCUT2D eigenvalue weighted by molar-refractivity contribution is -0.137. The summed E-state index contributed by atoms with van der Waals surface area (Å²) in [6.07, 6.45) is 1.41. The molecule has 136 valence electrons. The molecule has 0 spiro atoms. The zero-order chi connectivity index (χ0) is 19.2. The quantitative estimate of drug-likeness (QED) is 0.188. The summed E-state index contributed by atoms with van der Waals surface area (Å²) < 4.78 is 10.8. The van der Waals surface area contributed by atoms with Crippen LogP contribution in [0.1, 0.15) is 23.0 Å². The standard InChI is InChI=1S/C22H17ClO4/c1-2-26-22(25)19(21(24)16-6-4-3-5-7-16)14-18-12-13-20(27-18)15-8-10-17(23)11-9-15/h3-14H,2H2,1H3/b19-14-. The Balaban J connectivity index is 1.95. The second-order valence-corrected chi connectivity index (χ2v) is 6.12. The van der Waals surface area contributed by atoms with E-state index in [4.69, 9.17) is 20.8 Å². The molecule has 5 heteroatoms. The lowest BCUT2D eigenvalue weighted by atomic mass is 10.0. The minimum Gasteiger partial charge on any atom is -0.462 e. The number of carbonyl (C=O) groups is 2. The fraction of sp³-hybridized carbons (Fsp3) is 0.0909. The predicted octanol–water partition coefficient (Wildman–Crippen LogP) is 5.43. The second kappa shape index (κ2) is 8.52. The molecule has 0 amide bonds. The molecular weight excluding hydrogens is 364 g/mol. The molecule has 4 nitrogen and oxygen atoms in total. The Bertz CT molecular complexity index is 969. The lowest BCUT2D eigenvalue weighted by Gasteiger charge is -2.06. The molecule has 0 radical (unpaired) electrons. The van der Waals surface area contributed by atoms with Crippen molar-refractivity contribution in [1.29, 1.82) is 0 Å². The largest absolute Gasteiger partial charge is 0.462 e. The highest BCUT2D eigenvalue weighted by molar-refractivity contribution is 6.30. The zero-order valence-electron chi connectivity index (χ0n) is 14.6. The van der Waals surface area contributed by atoms with Gasteiger partial charge < -0.3 is 9.15 Å². The summed E-state index contributed by atoms with van der Waals surface area (Å²) >= 11 is 5.90. The number of carbonyl (C=O) groups excluding carboxylic acids is 2. The van der Waals surface area contributed by atoms with Crippen molar-refractivity contribution < 1.29 is 18.7 Å². The Hall–Kier alpha value is -3.11. The monoisotopic (exact) mass is 380 g/mol. The molecule has 0 saturated carbocycles. The van der Waals surface area contributed by atoms with Crippen LogP contribution in [0.3, 0.4) is 0 Å². The van der Waals surface area contributed by atoms with Gasteiger partial charge in [-0.2, -0.15) is 0 Å². The summed E-state index contributed by atoms with van der Waals surface area (Å²) in [5, 5.41) is 0.628. The molecule has 1 heterocycles. The van der Waals surface area contributed by atoms with E-state index >= 15 is 0 Å². The van der Waals surface area contributed by atoms with Crippen molar-refractivity contribution in [2.24, 2.45) is 0 Å². The maximum atomic E-state index is 12.8. The minimum absolute atomic E-state index is 0.0833. The average Bonchev–Trinajstić information content (AvgIpc) is 3.15. The van der Waals surface area contributed by atoms with Crippen molar-refractivity contribution in [3.05, 3.63) is 88.6 Å². The minimum atomic E-state index is -0.684. The van der Waals surface area contributed by atoms with Crippen molar-refractivity contribution in [3.63, 3.8) is 0 Å². The Labute approximate surface area is 162 Å². The first-order chi connectivity index (χ1) is 13.1. The number of hydrogen-bond acceptors (Lipinski definition) is 4. The summed E-state index contributed by atoms with van der Waals surface area (Å²) in [6, 6.07) is 19.2. The van der Waals surface area contributed by atoms with Crippen LogP contribution in [-0.2, 0) is 9.53 Å². The molecule has 1 aromatic heterocycles. The third-order valence-corrected chi connectivity index (χ3v) is 4.07. The zero-order valence-corrected chi connectivity index (χ0v) is 15.4. The molecule has 0 fully saturated rings. The summed E-state index contributed by atoms with van der Waals surface area (Å²) in [5.41, 5.74) is 1.16. The summed E-state index contributed by atoms with van der Waals surface area (Å²) in [4.78, 5) is 25.1. The van der Waals surface area contributed by atoms with E-state index < -0.39 is 11.8 Å². The van der Waals surface area contributed by atoms with Crippen molar-refractivity contribution in [2.45, 2.75) is 6.92 Å². The number of halogens is 1. The van der Waals surface area contributed by atoms with Gasteiger partial charge in [-0.3, -0.25) is 4.79 Å². The molecule has 0 aliphatic rings. The third-order valence-electron chi connectivity index (χ3n) is 3.82. The summed E-state index contributed by atoms with van der Waals surface area (Å²) in [6.45, 7) is 1.86. The molecule has 0 aliphatic heterocycles. The maximum absolute atomic E-state index is 12.8. The number of hydrogen-bond donors (Lipinski definition) is 0. The highest BCUT2D eigenvalue weighted by Gasteiger charge is 2.22. The van der Waals surface area contributed by atoms with Gasteiger partial charge in [0, 0.05) is 16.1 Å². The van der Waals surface area contributed by atoms with Crippen LogP contribution in [0.15, 0.2) is 76.7 Å². The molecule has 0 bridgehead atoms. The number of furan rings is 1. The van der Waals surface area contributed by atoms with E-state index in [1.165, 1.54) is 6.08 Å². The van der Waals surface area contributed by atoms with Crippen LogP contribution >= 0.6 is 11.6 Å². The first-order valence-corrected chi connectivity index (χ1v) is 8.80. The van der Waals surface area contributed by atoms with Crippen LogP contribution in [0.25, 0.3) is 17.4 Å². The number of benzene rings is 2. The molecule has 27 heavy (non-hydrogen) atoms. The van der Waals surface area contributed by atoms with Gasteiger partial charge in [-0.25, -0.2) is 4.79 Å².